The van der Waals surface area contributed by atoms with Crippen LogP contribution < -0.4 is 4.90 Å². The van der Waals surface area contributed by atoms with Gasteiger partial charge < -0.3 is 14.8 Å². The number of anilines is 1. The highest BCUT2D eigenvalue weighted by molar-refractivity contribution is 5.88. The maximum atomic E-state index is 14.1. The van der Waals surface area contributed by atoms with E-state index in [0.717, 1.165) is 41.1 Å². The minimum absolute atomic E-state index is 0.0266. The molecule has 10 heteroatoms. The molecule has 0 aliphatic carbocycles. The van der Waals surface area contributed by atoms with Crippen LogP contribution in [0.5, 0.6) is 0 Å². The van der Waals surface area contributed by atoms with Gasteiger partial charge in [0.1, 0.15) is 0 Å². The monoisotopic (exact) mass is 573 g/mol. The quantitative estimate of drug-likeness (QED) is 0.241. The van der Waals surface area contributed by atoms with Crippen molar-refractivity contribution in [3.63, 3.8) is 0 Å². The van der Waals surface area contributed by atoms with Gasteiger partial charge in [-0.15, -0.1) is 0 Å². The molecule has 41 heavy (non-hydrogen) atoms. The van der Waals surface area contributed by atoms with E-state index < -0.39 is 29.4 Å². The molecule has 0 unspecified atom stereocenters. The van der Waals surface area contributed by atoms with Gasteiger partial charge in [0, 0.05) is 61.3 Å². The number of fused-ring (bicyclic) bond motifs is 1. The molecule has 5 rings (SSSR count). The maximum Gasteiger partial charge on any atom is 0.416 e. The standard InChI is InChI=1S/C31H29F6N3O/c1-2-20-7-5-11-24-26(19-38-29(20)24)25(23-10-3-4-12-27(23)31(35,36)37)18-28(41)40-15-13-39(14-16-40)22-9-6-8-21(17-22)30(32,33)34/h3-12,17,19,25,38H,2,13-16,18H2,1H3/t25-/m1/s1. The topological polar surface area (TPSA) is 39.3 Å². The van der Waals surface area contributed by atoms with E-state index >= 15 is 0 Å². The Morgan fingerprint density at radius 2 is 1.56 bits per heavy atom. The third kappa shape index (κ3) is 5.92. The lowest BCUT2D eigenvalue weighted by Gasteiger charge is -2.37. The number of para-hydroxylation sites is 1. The van der Waals surface area contributed by atoms with E-state index in [1.165, 1.54) is 18.2 Å². The van der Waals surface area contributed by atoms with Crippen LogP contribution in [0, 0.1) is 0 Å². The Labute approximate surface area is 233 Å². The van der Waals surface area contributed by atoms with E-state index in [9.17, 15) is 31.1 Å². The molecule has 0 saturated carbocycles. The summed E-state index contributed by atoms with van der Waals surface area (Å²) in [6.45, 7) is 3.11. The zero-order valence-electron chi connectivity index (χ0n) is 22.3. The number of nitrogens with zero attached hydrogens (tertiary/aromatic N) is 2. The molecule has 1 aliphatic rings. The van der Waals surface area contributed by atoms with Gasteiger partial charge in [-0.3, -0.25) is 4.79 Å². The number of alkyl halides is 6. The molecule has 216 valence electrons. The Hall–Kier alpha value is -3.95. The molecule has 1 saturated heterocycles. The normalized spacial score (nSPS) is 15.4. The Kier molecular flexibility index (Phi) is 7.76. The first-order chi connectivity index (χ1) is 19.5. The van der Waals surface area contributed by atoms with Gasteiger partial charge in [-0.25, -0.2) is 0 Å². The fraction of sp³-hybridized carbons (Fsp3) is 0.323. The minimum Gasteiger partial charge on any atom is -0.368 e. The second kappa shape index (κ2) is 11.1. The minimum atomic E-state index is -4.60. The molecular formula is C31H29F6N3O. The predicted octanol–water partition coefficient (Wildman–Crippen LogP) is 7.64. The fourth-order valence-corrected chi connectivity index (χ4v) is 5.66. The summed E-state index contributed by atoms with van der Waals surface area (Å²) in [6, 6.07) is 16.0. The van der Waals surface area contributed by atoms with Crippen molar-refractivity contribution in [1.82, 2.24) is 9.88 Å². The molecule has 4 nitrogen and oxygen atoms in total. The van der Waals surface area contributed by atoms with Gasteiger partial charge in [0.25, 0.3) is 0 Å². The summed E-state index contributed by atoms with van der Waals surface area (Å²) in [7, 11) is 0. The van der Waals surface area contributed by atoms with Crippen molar-refractivity contribution in [3.8, 4) is 0 Å². The summed E-state index contributed by atoms with van der Waals surface area (Å²) in [4.78, 5) is 20.2. The van der Waals surface area contributed by atoms with Gasteiger partial charge in [-0.05, 0) is 47.4 Å². The number of carbonyl (C=O) groups excluding carboxylic acids is 1. The number of amides is 1. The van der Waals surface area contributed by atoms with Gasteiger partial charge in [0.15, 0.2) is 0 Å². The zero-order valence-corrected chi connectivity index (χ0v) is 22.3. The van der Waals surface area contributed by atoms with E-state index in [-0.39, 0.29) is 31.0 Å². The average Bonchev–Trinajstić information content (AvgIpc) is 3.39. The lowest BCUT2D eigenvalue weighted by atomic mass is 9.84. The van der Waals surface area contributed by atoms with Crippen LogP contribution in [0.25, 0.3) is 10.9 Å². The number of H-pyrrole nitrogens is 1. The number of hydrogen-bond acceptors (Lipinski definition) is 2. The molecule has 4 aromatic rings. The van der Waals surface area contributed by atoms with Crippen LogP contribution in [0.3, 0.4) is 0 Å². The summed E-state index contributed by atoms with van der Waals surface area (Å²) >= 11 is 0. The van der Waals surface area contributed by atoms with Crippen molar-refractivity contribution in [2.24, 2.45) is 0 Å². The molecule has 0 radical (unpaired) electrons. The van der Waals surface area contributed by atoms with Crippen molar-refractivity contribution in [1.29, 1.82) is 0 Å². The lowest BCUT2D eigenvalue weighted by Crippen LogP contribution is -2.49. The highest BCUT2D eigenvalue weighted by atomic mass is 19.4. The summed E-state index contributed by atoms with van der Waals surface area (Å²) in [5, 5.41) is 0.772. The number of nitrogens with one attached hydrogen (secondary N) is 1. The van der Waals surface area contributed by atoms with Crippen LogP contribution in [-0.4, -0.2) is 42.0 Å². The summed E-state index contributed by atoms with van der Waals surface area (Å²) in [5.74, 6) is -1.17. The number of aromatic amines is 1. The molecule has 1 amide bonds. The van der Waals surface area contributed by atoms with E-state index in [1.807, 2.05) is 25.1 Å². The van der Waals surface area contributed by atoms with Crippen molar-refractivity contribution in [2.45, 2.75) is 38.0 Å². The van der Waals surface area contributed by atoms with Crippen LogP contribution in [-0.2, 0) is 23.6 Å². The number of carbonyl (C=O) groups is 1. The van der Waals surface area contributed by atoms with Gasteiger partial charge in [0.2, 0.25) is 5.91 Å². The Morgan fingerprint density at radius 3 is 2.24 bits per heavy atom. The number of aryl methyl sites for hydroxylation is 1. The molecule has 3 aromatic carbocycles. The van der Waals surface area contributed by atoms with E-state index in [0.29, 0.717) is 24.3 Å². The first-order valence-corrected chi connectivity index (χ1v) is 13.4. The molecule has 1 aliphatic heterocycles. The van der Waals surface area contributed by atoms with Gasteiger partial charge >= 0.3 is 12.4 Å². The number of benzene rings is 3. The number of hydrogen-bond donors (Lipinski definition) is 1. The first-order valence-electron chi connectivity index (χ1n) is 13.4. The van der Waals surface area contributed by atoms with Crippen molar-refractivity contribution in [2.75, 3.05) is 31.1 Å². The van der Waals surface area contributed by atoms with E-state index in [4.69, 9.17) is 0 Å². The Balaban J connectivity index is 1.42. The Bertz CT molecular complexity index is 1530. The molecular weight excluding hydrogens is 544 g/mol. The number of aromatic nitrogens is 1. The van der Waals surface area contributed by atoms with Crippen LogP contribution >= 0.6 is 0 Å². The highest BCUT2D eigenvalue weighted by Crippen LogP contribution is 2.41. The van der Waals surface area contributed by atoms with Crippen LogP contribution in [0.4, 0.5) is 32.0 Å². The molecule has 1 fully saturated rings. The van der Waals surface area contributed by atoms with E-state index in [2.05, 4.69) is 4.98 Å². The molecule has 1 N–H and O–H groups in total. The molecule has 1 atom stereocenters. The van der Waals surface area contributed by atoms with Crippen molar-refractivity contribution < 1.29 is 31.1 Å². The third-order valence-corrected chi connectivity index (χ3v) is 7.78. The molecule has 2 heterocycles. The number of piperazine rings is 1. The largest absolute Gasteiger partial charge is 0.416 e. The summed E-state index contributed by atoms with van der Waals surface area (Å²) < 4.78 is 81.8. The van der Waals surface area contributed by atoms with Gasteiger partial charge in [-0.2, -0.15) is 26.3 Å². The van der Waals surface area contributed by atoms with Crippen molar-refractivity contribution in [3.05, 3.63) is 101 Å². The van der Waals surface area contributed by atoms with Crippen molar-refractivity contribution >= 4 is 22.5 Å². The molecule has 1 aromatic heterocycles. The second-order valence-electron chi connectivity index (χ2n) is 10.2. The zero-order chi connectivity index (χ0) is 29.4. The van der Waals surface area contributed by atoms with Crippen LogP contribution in [0.15, 0.2) is 72.9 Å². The highest BCUT2D eigenvalue weighted by Gasteiger charge is 2.37. The van der Waals surface area contributed by atoms with Gasteiger partial charge in [0.05, 0.1) is 11.1 Å². The maximum absolute atomic E-state index is 14.1. The summed E-state index contributed by atoms with van der Waals surface area (Å²) in [6.07, 6.45) is -6.82. The molecule has 0 spiro atoms. The fourth-order valence-electron chi connectivity index (χ4n) is 5.66. The third-order valence-electron chi connectivity index (χ3n) is 7.78. The van der Waals surface area contributed by atoms with Crippen LogP contribution in [0.2, 0.25) is 0 Å². The Morgan fingerprint density at radius 1 is 0.854 bits per heavy atom. The molecule has 0 bridgehead atoms. The number of rotatable bonds is 6. The lowest BCUT2D eigenvalue weighted by molar-refractivity contribution is -0.139. The summed E-state index contributed by atoms with van der Waals surface area (Å²) in [5.41, 5.74) is 1.38. The van der Waals surface area contributed by atoms with Gasteiger partial charge in [-0.1, -0.05) is 49.4 Å². The second-order valence-corrected chi connectivity index (χ2v) is 10.2. The predicted molar refractivity (Wildman–Crippen MR) is 146 cm³/mol. The SMILES string of the molecule is CCc1cccc2c([C@H](CC(=O)N3CCN(c4cccc(C(F)(F)F)c4)CC3)c3ccccc3C(F)(F)F)c[nH]c12. The van der Waals surface area contributed by atoms with E-state index in [1.54, 1.807) is 28.1 Å². The van der Waals surface area contributed by atoms with Crippen LogP contribution in [0.1, 0.15) is 47.1 Å². The average molecular weight is 574 g/mol. The smallest absolute Gasteiger partial charge is 0.368 e. The number of halogens is 6. The first kappa shape index (κ1) is 28.6.